The van der Waals surface area contributed by atoms with E-state index in [0.717, 1.165) is 25.8 Å². The minimum absolute atomic E-state index is 0.0300. The summed E-state index contributed by atoms with van der Waals surface area (Å²) in [5, 5.41) is 6.80. The van der Waals surface area contributed by atoms with Crippen molar-refractivity contribution < 1.29 is 9.59 Å². The lowest BCUT2D eigenvalue weighted by Gasteiger charge is -2.28. The van der Waals surface area contributed by atoms with Gasteiger partial charge in [0.2, 0.25) is 0 Å². The second-order valence-corrected chi connectivity index (χ2v) is 9.32. The highest BCUT2D eigenvalue weighted by Crippen LogP contribution is 2.36. The number of Topliss-reactive ketones (excluding diaryl/α,β-unsaturated/α-hetero) is 1. The number of amides is 1. The molecular formula is C24H17Br2N3O2. The minimum Gasteiger partial charge on any atom is -0.285 e. The van der Waals surface area contributed by atoms with Crippen LogP contribution in [0, 0.1) is 0 Å². The molecule has 0 fully saturated rings. The summed E-state index contributed by atoms with van der Waals surface area (Å²) in [7, 11) is 0. The second-order valence-electron chi connectivity index (χ2n) is 7.49. The van der Waals surface area contributed by atoms with Crippen LogP contribution >= 0.6 is 31.9 Å². The van der Waals surface area contributed by atoms with Crippen LogP contribution in [0.15, 0.2) is 86.8 Å². The monoisotopic (exact) mass is 537 g/mol. The summed E-state index contributed by atoms with van der Waals surface area (Å²) in [6.07, 6.45) is 0.712. The first kappa shape index (κ1) is 20.2. The molecule has 3 aromatic rings. The molecule has 5 nitrogen and oxygen atoms in total. The first-order valence-electron chi connectivity index (χ1n) is 9.82. The average molecular weight is 539 g/mol. The fraction of sp³-hybridized carbons (Fsp3) is 0.125. The van der Waals surface area contributed by atoms with E-state index < -0.39 is 11.7 Å². The summed E-state index contributed by atoms with van der Waals surface area (Å²) in [5.74, 6) is -1.01. The molecule has 31 heavy (non-hydrogen) atoms. The Morgan fingerprint density at radius 1 is 0.903 bits per heavy atom. The Labute approximate surface area is 196 Å². The number of anilines is 1. The first-order valence-corrected chi connectivity index (χ1v) is 11.4. The zero-order chi connectivity index (χ0) is 21.5. The van der Waals surface area contributed by atoms with Crippen molar-refractivity contribution in [1.82, 2.24) is 5.01 Å². The van der Waals surface area contributed by atoms with Gasteiger partial charge in [0.1, 0.15) is 6.67 Å². The summed E-state index contributed by atoms with van der Waals surface area (Å²) >= 11 is 6.91. The maximum Gasteiger partial charge on any atom is 0.301 e. The van der Waals surface area contributed by atoms with E-state index in [1.54, 1.807) is 12.1 Å². The normalized spacial score (nSPS) is 17.9. The predicted octanol–water partition coefficient (Wildman–Crippen LogP) is 5.55. The number of benzene rings is 3. The van der Waals surface area contributed by atoms with Gasteiger partial charge < -0.3 is 0 Å². The smallest absolute Gasteiger partial charge is 0.285 e. The number of carbonyl (C=O) groups excluding carboxylic acids is 2. The van der Waals surface area contributed by atoms with E-state index in [1.165, 1.54) is 4.90 Å². The molecule has 0 aromatic heterocycles. The number of fused-ring (bicyclic) bond motifs is 1. The Morgan fingerprint density at radius 3 is 2.45 bits per heavy atom. The Bertz CT molecular complexity index is 1230. The van der Waals surface area contributed by atoms with E-state index in [4.69, 9.17) is 5.10 Å². The highest BCUT2D eigenvalue weighted by atomic mass is 79.9. The zero-order valence-electron chi connectivity index (χ0n) is 16.3. The molecule has 1 amide bonds. The van der Waals surface area contributed by atoms with Crippen LogP contribution in [0.3, 0.4) is 0 Å². The van der Waals surface area contributed by atoms with Crippen molar-refractivity contribution in [2.75, 3.05) is 11.6 Å². The summed E-state index contributed by atoms with van der Waals surface area (Å²) in [6, 6.07) is 23.5. The number of hydrogen-bond donors (Lipinski definition) is 0. The third-order valence-electron chi connectivity index (χ3n) is 5.56. The molecule has 3 aromatic carbocycles. The molecule has 0 bridgehead atoms. The lowest BCUT2D eigenvalue weighted by molar-refractivity contribution is -0.114. The van der Waals surface area contributed by atoms with Crippen LogP contribution in [-0.4, -0.2) is 29.1 Å². The molecule has 0 unspecified atom stereocenters. The molecule has 0 aliphatic carbocycles. The SMILES string of the molecule is O=C1C(=O)N(CN2N=C(c3cccc(Br)c3)C[C@@H]2c2ccccc2)c2ccc(Br)cc21. The molecule has 1 atom stereocenters. The number of hydrazone groups is 1. The maximum absolute atomic E-state index is 12.8. The Kier molecular flexibility index (Phi) is 5.24. The van der Waals surface area contributed by atoms with Crippen molar-refractivity contribution in [2.45, 2.75) is 12.5 Å². The van der Waals surface area contributed by atoms with Crippen LogP contribution in [0.2, 0.25) is 0 Å². The number of nitrogens with zero attached hydrogens (tertiary/aromatic N) is 3. The Hall–Kier alpha value is -2.77. The summed E-state index contributed by atoms with van der Waals surface area (Å²) < 4.78 is 1.76. The van der Waals surface area contributed by atoms with Gasteiger partial charge in [-0.3, -0.25) is 19.5 Å². The van der Waals surface area contributed by atoms with Crippen LogP contribution in [0.5, 0.6) is 0 Å². The number of hydrogen-bond acceptors (Lipinski definition) is 4. The number of ketones is 1. The molecule has 2 aliphatic rings. The third kappa shape index (κ3) is 3.72. The second kappa shape index (κ2) is 8.05. The van der Waals surface area contributed by atoms with E-state index in [1.807, 2.05) is 53.5 Å². The van der Waals surface area contributed by atoms with Crippen molar-refractivity contribution >= 4 is 54.9 Å². The van der Waals surface area contributed by atoms with Gasteiger partial charge in [-0.05, 0) is 41.5 Å². The molecule has 2 aliphatic heterocycles. The van der Waals surface area contributed by atoms with E-state index in [9.17, 15) is 9.59 Å². The molecule has 5 rings (SSSR count). The fourth-order valence-corrected chi connectivity index (χ4v) is 4.81. The Morgan fingerprint density at radius 2 is 1.68 bits per heavy atom. The van der Waals surface area contributed by atoms with Crippen LogP contribution in [0.4, 0.5) is 5.69 Å². The van der Waals surface area contributed by atoms with Crippen LogP contribution in [0.25, 0.3) is 0 Å². The fourth-order valence-electron chi connectivity index (χ4n) is 4.05. The quantitative estimate of drug-likeness (QED) is 0.409. The van der Waals surface area contributed by atoms with E-state index >= 15 is 0 Å². The minimum atomic E-state index is -0.522. The van der Waals surface area contributed by atoms with Gasteiger partial charge in [0.05, 0.1) is 23.0 Å². The molecule has 154 valence electrons. The van der Waals surface area contributed by atoms with Gasteiger partial charge in [-0.25, -0.2) is 0 Å². The summed E-state index contributed by atoms with van der Waals surface area (Å²) in [4.78, 5) is 26.8. The predicted molar refractivity (Wildman–Crippen MR) is 127 cm³/mol. The lowest BCUT2D eigenvalue weighted by atomic mass is 9.99. The Balaban J connectivity index is 1.52. The molecule has 0 radical (unpaired) electrons. The topological polar surface area (TPSA) is 53.0 Å². The van der Waals surface area contributed by atoms with Gasteiger partial charge >= 0.3 is 5.91 Å². The van der Waals surface area contributed by atoms with Crippen LogP contribution in [0.1, 0.15) is 33.9 Å². The standard InChI is InChI=1S/C24H17Br2N3O2/c25-17-8-4-7-16(11-17)20-13-22(15-5-2-1-3-6-15)29(27-20)14-28-21-10-9-18(26)12-19(21)23(30)24(28)31/h1-12,22H,13-14H2/t22-/m1/s1. The van der Waals surface area contributed by atoms with Gasteiger partial charge in [-0.15, -0.1) is 0 Å². The first-order chi connectivity index (χ1) is 15.0. The largest absolute Gasteiger partial charge is 0.301 e. The van der Waals surface area contributed by atoms with Crippen LogP contribution in [-0.2, 0) is 4.79 Å². The average Bonchev–Trinajstić information content (AvgIpc) is 3.30. The molecule has 7 heteroatoms. The molecule has 0 spiro atoms. The third-order valence-corrected chi connectivity index (χ3v) is 6.54. The van der Waals surface area contributed by atoms with Crippen molar-refractivity contribution in [3.8, 4) is 0 Å². The summed E-state index contributed by atoms with van der Waals surface area (Å²) in [6.45, 7) is 0.205. The van der Waals surface area contributed by atoms with Gasteiger partial charge in [-0.2, -0.15) is 5.10 Å². The summed E-state index contributed by atoms with van der Waals surface area (Å²) in [5.41, 5.74) is 4.14. The highest BCUT2D eigenvalue weighted by Gasteiger charge is 2.39. The number of halogens is 2. The van der Waals surface area contributed by atoms with Gasteiger partial charge in [0, 0.05) is 15.4 Å². The molecular weight excluding hydrogens is 522 g/mol. The molecule has 2 heterocycles. The lowest BCUT2D eigenvalue weighted by Crippen LogP contribution is -2.39. The van der Waals surface area contributed by atoms with Gasteiger partial charge in [-0.1, -0.05) is 74.3 Å². The van der Waals surface area contributed by atoms with Crippen molar-refractivity contribution in [1.29, 1.82) is 0 Å². The van der Waals surface area contributed by atoms with E-state index in [0.29, 0.717) is 17.7 Å². The van der Waals surface area contributed by atoms with Crippen LogP contribution < -0.4 is 4.90 Å². The molecule has 0 saturated carbocycles. The molecule has 0 N–H and O–H groups in total. The zero-order valence-corrected chi connectivity index (χ0v) is 19.5. The number of rotatable bonds is 4. The van der Waals surface area contributed by atoms with E-state index in [-0.39, 0.29) is 12.7 Å². The number of carbonyl (C=O) groups is 2. The molecule has 0 saturated heterocycles. The van der Waals surface area contributed by atoms with Crippen molar-refractivity contribution in [3.05, 3.63) is 98.4 Å². The van der Waals surface area contributed by atoms with Crippen molar-refractivity contribution in [3.63, 3.8) is 0 Å². The highest BCUT2D eigenvalue weighted by molar-refractivity contribution is 9.10. The van der Waals surface area contributed by atoms with E-state index in [2.05, 4.69) is 44.0 Å². The van der Waals surface area contributed by atoms with Gasteiger partial charge in [0.25, 0.3) is 5.78 Å². The van der Waals surface area contributed by atoms with Crippen molar-refractivity contribution in [2.24, 2.45) is 5.10 Å². The van der Waals surface area contributed by atoms with Gasteiger partial charge in [0.15, 0.2) is 0 Å². The maximum atomic E-state index is 12.8.